The fourth-order valence-corrected chi connectivity index (χ4v) is 2.64. The third kappa shape index (κ3) is 5.95. The van der Waals surface area contributed by atoms with Crippen LogP contribution in [-0.4, -0.2) is 41.2 Å². The lowest BCUT2D eigenvalue weighted by Crippen LogP contribution is -2.51. The summed E-state index contributed by atoms with van der Waals surface area (Å²) in [4.78, 5) is 33.2. The van der Waals surface area contributed by atoms with Gasteiger partial charge in [-0.2, -0.15) is 0 Å². The Hall–Kier alpha value is -2.00. The molecular weight excluding hydrogens is 372 g/mol. The molecule has 126 valence electrons. The predicted molar refractivity (Wildman–Crippen MR) is 85.2 cm³/mol. The summed E-state index contributed by atoms with van der Waals surface area (Å²) in [5.74, 6) is -1.46. The van der Waals surface area contributed by atoms with E-state index in [4.69, 9.17) is 9.84 Å². The summed E-state index contributed by atoms with van der Waals surface area (Å²) in [7, 11) is 1.42. The van der Waals surface area contributed by atoms with Crippen LogP contribution < -0.4 is 5.32 Å². The van der Waals surface area contributed by atoms with Crippen LogP contribution in [0.4, 0.5) is 5.69 Å². The molecule has 1 amide bonds. The molecule has 1 rings (SSSR count). The number of aliphatic carboxylic acids is 1. The molecule has 1 aromatic rings. The molecule has 1 atom stereocenters. The molecule has 0 aromatic heterocycles. The van der Waals surface area contributed by atoms with Crippen molar-refractivity contribution in [2.24, 2.45) is 0 Å². The smallest absolute Gasteiger partial charge is 0.305 e. The maximum Gasteiger partial charge on any atom is 0.305 e. The minimum absolute atomic E-state index is 0.0441. The first kappa shape index (κ1) is 19.0. The van der Waals surface area contributed by atoms with Crippen molar-refractivity contribution in [1.29, 1.82) is 0 Å². The molecule has 0 aliphatic rings. The Bertz CT molecular complexity index is 621. The second kappa shape index (κ2) is 8.02. The summed E-state index contributed by atoms with van der Waals surface area (Å²) in [6, 6.07) is 4.10. The van der Waals surface area contributed by atoms with Gasteiger partial charge in [-0.25, -0.2) is 0 Å². The molecular formula is C14H17BrN2O6. The van der Waals surface area contributed by atoms with E-state index in [9.17, 15) is 19.7 Å². The molecule has 1 unspecified atom stereocenters. The summed E-state index contributed by atoms with van der Waals surface area (Å²) in [5.41, 5.74) is -0.565. The first-order chi connectivity index (χ1) is 10.7. The van der Waals surface area contributed by atoms with E-state index in [0.717, 1.165) is 0 Å². The van der Waals surface area contributed by atoms with Crippen LogP contribution in [0, 0.1) is 10.1 Å². The normalized spacial score (nSPS) is 13.2. The molecule has 0 fully saturated rings. The SMILES string of the molecule is COCC(C)(CC(=O)O)NC(=O)Cc1ccc([N+](=O)[O-])cc1Br. The van der Waals surface area contributed by atoms with Gasteiger partial charge >= 0.3 is 5.97 Å². The molecule has 0 aliphatic heterocycles. The maximum absolute atomic E-state index is 12.1. The van der Waals surface area contributed by atoms with Gasteiger partial charge < -0.3 is 15.2 Å². The van der Waals surface area contributed by atoms with E-state index in [2.05, 4.69) is 21.2 Å². The zero-order valence-electron chi connectivity index (χ0n) is 12.7. The number of nitrogens with one attached hydrogen (secondary N) is 1. The number of hydrogen-bond acceptors (Lipinski definition) is 5. The van der Waals surface area contributed by atoms with E-state index in [-0.39, 0.29) is 25.1 Å². The molecule has 1 aromatic carbocycles. The number of hydrogen-bond donors (Lipinski definition) is 2. The molecule has 2 N–H and O–H groups in total. The van der Waals surface area contributed by atoms with Crippen LogP contribution in [0.1, 0.15) is 18.9 Å². The number of carbonyl (C=O) groups excluding carboxylic acids is 1. The lowest BCUT2D eigenvalue weighted by atomic mass is 9.98. The minimum Gasteiger partial charge on any atom is -0.481 e. The molecule has 9 heteroatoms. The number of rotatable bonds is 8. The molecule has 0 saturated heterocycles. The van der Waals surface area contributed by atoms with E-state index in [1.165, 1.54) is 25.3 Å². The highest BCUT2D eigenvalue weighted by Crippen LogP contribution is 2.23. The highest BCUT2D eigenvalue weighted by molar-refractivity contribution is 9.10. The Morgan fingerprint density at radius 2 is 2.13 bits per heavy atom. The Morgan fingerprint density at radius 3 is 2.61 bits per heavy atom. The van der Waals surface area contributed by atoms with Crippen LogP contribution in [0.5, 0.6) is 0 Å². The number of nitro groups is 1. The number of amides is 1. The summed E-state index contributed by atoms with van der Waals surface area (Å²) in [6.07, 6.45) is -0.328. The van der Waals surface area contributed by atoms with Crippen LogP contribution in [0.25, 0.3) is 0 Å². The zero-order valence-corrected chi connectivity index (χ0v) is 14.3. The summed E-state index contributed by atoms with van der Waals surface area (Å²) >= 11 is 3.19. The van der Waals surface area contributed by atoms with Crippen molar-refractivity contribution in [2.45, 2.75) is 25.3 Å². The average molecular weight is 389 g/mol. The lowest BCUT2D eigenvalue weighted by Gasteiger charge is -2.28. The van der Waals surface area contributed by atoms with Gasteiger partial charge in [0.2, 0.25) is 5.91 Å². The molecule has 0 radical (unpaired) electrons. The van der Waals surface area contributed by atoms with Crippen LogP contribution in [0.3, 0.4) is 0 Å². The number of nitrogens with zero attached hydrogens (tertiary/aromatic N) is 1. The Kier molecular flexibility index (Phi) is 6.64. The third-order valence-corrected chi connectivity index (χ3v) is 3.78. The Labute approximate surface area is 141 Å². The van der Waals surface area contributed by atoms with E-state index in [1.807, 2.05) is 0 Å². The van der Waals surface area contributed by atoms with Crippen molar-refractivity contribution in [1.82, 2.24) is 5.32 Å². The maximum atomic E-state index is 12.1. The van der Waals surface area contributed by atoms with Gasteiger partial charge in [0.15, 0.2) is 0 Å². The van der Waals surface area contributed by atoms with E-state index in [0.29, 0.717) is 10.0 Å². The Morgan fingerprint density at radius 1 is 1.48 bits per heavy atom. The number of nitro benzene ring substituents is 1. The number of benzene rings is 1. The molecule has 0 aliphatic carbocycles. The molecule has 0 saturated carbocycles. The number of non-ortho nitro benzene ring substituents is 1. The van der Waals surface area contributed by atoms with Crippen molar-refractivity contribution in [3.8, 4) is 0 Å². The van der Waals surface area contributed by atoms with Crippen LogP contribution >= 0.6 is 15.9 Å². The van der Waals surface area contributed by atoms with Gasteiger partial charge in [-0.15, -0.1) is 0 Å². The number of carboxylic acid groups (broad SMARTS) is 1. The monoisotopic (exact) mass is 388 g/mol. The fourth-order valence-electron chi connectivity index (χ4n) is 2.13. The van der Waals surface area contributed by atoms with Crippen LogP contribution in [-0.2, 0) is 20.7 Å². The molecule has 0 spiro atoms. The number of methoxy groups -OCH3 is 1. The summed E-state index contributed by atoms with van der Waals surface area (Å²) in [5, 5.41) is 22.3. The van der Waals surface area contributed by atoms with Gasteiger partial charge in [-0.1, -0.05) is 22.0 Å². The van der Waals surface area contributed by atoms with Gasteiger partial charge in [-0.3, -0.25) is 19.7 Å². The van der Waals surface area contributed by atoms with Crippen LogP contribution in [0.15, 0.2) is 22.7 Å². The van der Waals surface area contributed by atoms with Crippen molar-refractivity contribution in [3.05, 3.63) is 38.3 Å². The van der Waals surface area contributed by atoms with Gasteiger partial charge in [0, 0.05) is 23.7 Å². The molecule has 23 heavy (non-hydrogen) atoms. The van der Waals surface area contributed by atoms with Gasteiger partial charge in [0.25, 0.3) is 5.69 Å². The zero-order chi connectivity index (χ0) is 17.6. The third-order valence-electron chi connectivity index (χ3n) is 3.04. The minimum atomic E-state index is -1.05. The number of carbonyl (C=O) groups is 2. The topological polar surface area (TPSA) is 119 Å². The largest absolute Gasteiger partial charge is 0.481 e. The van der Waals surface area contributed by atoms with Crippen molar-refractivity contribution < 1.29 is 24.4 Å². The highest BCUT2D eigenvalue weighted by Gasteiger charge is 2.29. The molecule has 8 nitrogen and oxygen atoms in total. The second-order valence-corrected chi connectivity index (χ2v) is 6.18. The van der Waals surface area contributed by atoms with E-state index < -0.39 is 22.3 Å². The standard InChI is InChI=1S/C14H17BrN2O6/c1-14(8-23-2,7-13(19)20)16-12(18)5-9-3-4-10(17(21)22)6-11(9)15/h3-4,6H,5,7-8H2,1-2H3,(H,16,18)(H,19,20). The van der Waals surface area contributed by atoms with E-state index in [1.54, 1.807) is 6.92 Å². The lowest BCUT2D eigenvalue weighted by molar-refractivity contribution is -0.384. The molecule has 0 heterocycles. The first-order valence-electron chi connectivity index (χ1n) is 6.61. The summed E-state index contributed by atoms with van der Waals surface area (Å²) in [6.45, 7) is 1.62. The van der Waals surface area contributed by atoms with Crippen LogP contribution in [0.2, 0.25) is 0 Å². The van der Waals surface area contributed by atoms with Crippen molar-refractivity contribution in [2.75, 3.05) is 13.7 Å². The predicted octanol–water partition coefficient (Wildman–Crippen LogP) is 1.90. The van der Waals surface area contributed by atoms with E-state index >= 15 is 0 Å². The Balaban J connectivity index is 2.82. The second-order valence-electron chi connectivity index (χ2n) is 5.32. The van der Waals surface area contributed by atoms with Gasteiger partial charge in [0.05, 0.1) is 29.9 Å². The molecule has 0 bridgehead atoms. The van der Waals surface area contributed by atoms with Gasteiger partial charge in [0.1, 0.15) is 0 Å². The average Bonchev–Trinajstić information content (AvgIpc) is 2.39. The van der Waals surface area contributed by atoms with Crippen molar-refractivity contribution >= 4 is 33.5 Å². The van der Waals surface area contributed by atoms with Crippen molar-refractivity contribution in [3.63, 3.8) is 0 Å². The number of halogens is 1. The first-order valence-corrected chi connectivity index (χ1v) is 7.41. The quantitative estimate of drug-likeness (QED) is 0.518. The number of ether oxygens (including phenoxy) is 1. The number of carboxylic acids is 1. The summed E-state index contributed by atoms with van der Waals surface area (Å²) < 4.78 is 5.40. The fraction of sp³-hybridized carbons (Fsp3) is 0.429. The highest BCUT2D eigenvalue weighted by atomic mass is 79.9. The van der Waals surface area contributed by atoms with Gasteiger partial charge in [-0.05, 0) is 12.5 Å².